The molecule has 0 aliphatic rings. The fourth-order valence-electron chi connectivity index (χ4n) is 2.15. The maximum Gasteiger partial charge on any atom is 0.218 e. The van der Waals surface area contributed by atoms with E-state index in [1.165, 1.54) is 16.3 Å². The van der Waals surface area contributed by atoms with Gasteiger partial charge in [0.15, 0.2) is 0 Å². The van der Waals surface area contributed by atoms with E-state index in [0.29, 0.717) is 13.0 Å². The van der Waals surface area contributed by atoms with Crippen LogP contribution in [0.2, 0.25) is 0 Å². The van der Waals surface area contributed by atoms with Crippen LogP contribution in [0.3, 0.4) is 0 Å². The van der Waals surface area contributed by atoms with Crippen molar-refractivity contribution in [2.45, 2.75) is 19.4 Å². The minimum absolute atomic E-state index is 0.204. The van der Waals surface area contributed by atoms with E-state index in [9.17, 15) is 4.79 Å². The van der Waals surface area contributed by atoms with Gasteiger partial charge in [0.25, 0.3) is 0 Å². The van der Waals surface area contributed by atoms with Gasteiger partial charge < -0.3 is 11.1 Å². The summed E-state index contributed by atoms with van der Waals surface area (Å²) in [5, 5.41) is 5.81. The third-order valence-electron chi connectivity index (χ3n) is 3.11. The molecule has 0 aliphatic heterocycles. The minimum atomic E-state index is -0.271. The highest BCUT2D eigenvalue weighted by atomic mass is 16.1. The van der Waals surface area contributed by atoms with Gasteiger partial charge in [-0.2, -0.15) is 0 Å². The van der Waals surface area contributed by atoms with E-state index in [-0.39, 0.29) is 11.9 Å². The van der Waals surface area contributed by atoms with Crippen LogP contribution in [0.1, 0.15) is 24.9 Å². The van der Waals surface area contributed by atoms with Gasteiger partial charge in [0.2, 0.25) is 5.91 Å². The number of hydrogen-bond donors (Lipinski definition) is 2. The second-order valence-corrected chi connectivity index (χ2v) is 4.46. The van der Waals surface area contributed by atoms with Crippen molar-refractivity contribution < 1.29 is 4.79 Å². The zero-order valence-corrected chi connectivity index (χ0v) is 10.5. The smallest absolute Gasteiger partial charge is 0.218 e. The molecule has 2 rings (SSSR count). The number of carbonyl (C=O) groups excluding carboxylic acids is 1. The lowest BCUT2D eigenvalue weighted by molar-refractivity contribution is -0.117. The maximum atomic E-state index is 10.7. The second-order valence-electron chi connectivity index (χ2n) is 4.46. The number of hydrogen-bond acceptors (Lipinski definition) is 2. The van der Waals surface area contributed by atoms with E-state index >= 15 is 0 Å². The monoisotopic (exact) mass is 242 g/mol. The van der Waals surface area contributed by atoms with Crippen LogP contribution in [0.15, 0.2) is 42.5 Å². The van der Waals surface area contributed by atoms with Crippen LogP contribution < -0.4 is 11.1 Å². The summed E-state index contributed by atoms with van der Waals surface area (Å²) in [6.45, 7) is 2.71. The summed E-state index contributed by atoms with van der Waals surface area (Å²) in [5.41, 5.74) is 6.38. The van der Waals surface area contributed by atoms with Gasteiger partial charge in [-0.3, -0.25) is 4.79 Å². The fourth-order valence-corrected chi connectivity index (χ4v) is 2.15. The molecular weight excluding hydrogens is 224 g/mol. The van der Waals surface area contributed by atoms with Crippen molar-refractivity contribution in [2.75, 3.05) is 6.54 Å². The zero-order chi connectivity index (χ0) is 13.0. The Morgan fingerprint density at radius 2 is 1.94 bits per heavy atom. The van der Waals surface area contributed by atoms with E-state index in [2.05, 4.69) is 42.6 Å². The molecule has 0 bridgehead atoms. The molecule has 3 nitrogen and oxygen atoms in total. The lowest BCUT2D eigenvalue weighted by atomic mass is 10.00. The van der Waals surface area contributed by atoms with E-state index < -0.39 is 0 Å². The number of benzene rings is 2. The molecule has 0 aliphatic carbocycles. The van der Waals surface area contributed by atoms with Gasteiger partial charge in [-0.1, -0.05) is 42.5 Å². The topological polar surface area (TPSA) is 55.1 Å². The molecule has 18 heavy (non-hydrogen) atoms. The number of amides is 1. The van der Waals surface area contributed by atoms with Crippen LogP contribution in [0.4, 0.5) is 0 Å². The standard InChI is InChI=1S/C15H18N2O/c1-11(17-10-9-15(16)18)13-8-4-6-12-5-2-3-7-14(12)13/h2-8,11,17H,9-10H2,1H3,(H2,16,18)/t11-/m1/s1. The molecule has 2 aromatic carbocycles. The highest BCUT2D eigenvalue weighted by molar-refractivity contribution is 5.86. The third-order valence-corrected chi connectivity index (χ3v) is 3.11. The van der Waals surface area contributed by atoms with Crippen LogP contribution in [0, 0.1) is 0 Å². The number of carbonyl (C=O) groups is 1. The van der Waals surface area contributed by atoms with E-state index in [4.69, 9.17) is 5.73 Å². The second kappa shape index (κ2) is 5.65. The quantitative estimate of drug-likeness (QED) is 0.845. The van der Waals surface area contributed by atoms with Crippen LogP contribution in [-0.2, 0) is 4.79 Å². The third kappa shape index (κ3) is 2.87. The molecular formula is C15H18N2O. The summed E-state index contributed by atoms with van der Waals surface area (Å²) in [7, 11) is 0. The summed E-state index contributed by atoms with van der Waals surface area (Å²) in [4.78, 5) is 10.7. The molecule has 3 N–H and O–H groups in total. The van der Waals surface area contributed by atoms with Gasteiger partial charge in [0.1, 0.15) is 0 Å². The van der Waals surface area contributed by atoms with Crippen molar-refractivity contribution >= 4 is 16.7 Å². The maximum absolute atomic E-state index is 10.7. The minimum Gasteiger partial charge on any atom is -0.370 e. The van der Waals surface area contributed by atoms with Crippen molar-refractivity contribution in [1.29, 1.82) is 0 Å². The Hall–Kier alpha value is -1.87. The van der Waals surface area contributed by atoms with Crippen molar-refractivity contribution in [1.82, 2.24) is 5.32 Å². The van der Waals surface area contributed by atoms with Crippen LogP contribution in [-0.4, -0.2) is 12.5 Å². The van der Waals surface area contributed by atoms with Crippen molar-refractivity contribution in [3.63, 3.8) is 0 Å². The Balaban J connectivity index is 2.17. The molecule has 0 heterocycles. The Kier molecular flexibility index (Phi) is 3.95. The molecule has 2 aromatic rings. The van der Waals surface area contributed by atoms with Gasteiger partial charge in [-0.05, 0) is 23.3 Å². The van der Waals surface area contributed by atoms with Gasteiger partial charge in [0.05, 0.1) is 0 Å². The Morgan fingerprint density at radius 1 is 1.22 bits per heavy atom. The normalized spacial score (nSPS) is 12.5. The number of primary amides is 1. The number of fused-ring (bicyclic) bond motifs is 1. The van der Waals surface area contributed by atoms with Crippen molar-refractivity contribution in [3.05, 3.63) is 48.0 Å². The zero-order valence-electron chi connectivity index (χ0n) is 10.5. The molecule has 0 radical (unpaired) electrons. The van der Waals surface area contributed by atoms with Gasteiger partial charge in [0, 0.05) is 19.0 Å². The predicted octanol–water partition coefficient (Wildman–Crippen LogP) is 2.37. The lowest BCUT2D eigenvalue weighted by Crippen LogP contribution is -2.24. The SMILES string of the molecule is C[C@@H](NCCC(N)=O)c1cccc2ccccc12. The molecule has 3 heteroatoms. The number of nitrogens with two attached hydrogens (primary N) is 1. The largest absolute Gasteiger partial charge is 0.370 e. The van der Waals surface area contributed by atoms with Crippen LogP contribution >= 0.6 is 0 Å². The van der Waals surface area contributed by atoms with E-state index in [1.54, 1.807) is 0 Å². The van der Waals surface area contributed by atoms with Crippen LogP contribution in [0.25, 0.3) is 10.8 Å². The van der Waals surface area contributed by atoms with Gasteiger partial charge >= 0.3 is 0 Å². The summed E-state index contributed by atoms with van der Waals surface area (Å²) in [5.74, 6) is -0.271. The highest BCUT2D eigenvalue weighted by Crippen LogP contribution is 2.23. The summed E-state index contributed by atoms with van der Waals surface area (Å²) in [6.07, 6.45) is 0.370. The number of rotatable bonds is 5. The average Bonchev–Trinajstić information content (AvgIpc) is 2.37. The average molecular weight is 242 g/mol. The molecule has 0 aromatic heterocycles. The molecule has 94 valence electrons. The number of nitrogens with one attached hydrogen (secondary N) is 1. The summed E-state index contributed by atoms with van der Waals surface area (Å²) < 4.78 is 0. The molecule has 0 fully saturated rings. The van der Waals surface area contributed by atoms with Crippen molar-refractivity contribution in [3.8, 4) is 0 Å². The first kappa shape index (κ1) is 12.6. The molecule has 0 spiro atoms. The lowest BCUT2D eigenvalue weighted by Gasteiger charge is -2.16. The van der Waals surface area contributed by atoms with Gasteiger partial charge in [-0.15, -0.1) is 0 Å². The van der Waals surface area contributed by atoms with Gasteiger partial charge in [-0.25, -0.2) is 0 Å². The molecule has 0 saturated carbocycles. The Morgan fingerprint density at radius 3 is 2.72 bits per heavy atom. The van der Waals surface area contributed by atoms with Crippen LogP contribution in [0.5, 0.6) is 0 Å². The first-order chi connectivity index (χ1) is 8.68. The fraction of sp³-hybridized carbons (Fsp3) is 0.267. The molecule has 1 atom stereocenters. The van der Waals surface area contributed by atoms with E-state index in [1.807, 2.05) is 12.1 Å². The Bertz CT molecular complexity index is 546. The Labute approximate surface area is 107 Å². The van der Waals surface area contributed by atoms with Crippen molar-refractivity contribution in [2.24, 2.45) is 5.73 Å². The van der Waals surface area contributed by atoms with E-state index in [0.717, 1.165) is 0 Å². The summed E-state index contributed by atoms with van der Waals surface area (Å²) in [6, 6.07) is 14.8. The first-order valence-electron chi connectivity index (χ1n) is 6.18. The molecule has 1 amide bonds. The molecule has 0 saturated heterocycles. The molecule has 0 unspecified atom stereocenters. The summed E-state index contributed by atoms with van der Waals surface area (Å²) >= 11 is 0. The highest BCUT2D eigenvalue weighted by Gasteiger charge is 2.08. The first-order valence-corrected chi connectivity index (χ1v) is 6.18. The predicted molar refractivity (Wildman–Crippen MR) is 74.2 cm³/mol.